The minimum Gasteiger partial charge on any atom is -0.493 e. The van der Waals surface area contributed by atoms with E-state index >= 15 is 0 Å². The number of nitrogens with one attached hydrogen (secondary N) is 1. The molecule has 1 aromatic carbocycles. The molecule has 0 spiro atoms. The van der Waals surface area contributed by atoms with Gasteiger partial charge in [0.15, 0.2) is 11.5 Å². The van der Waals surface area contributed by atoms with Gasteiger partial charge in [0.25, 0.3) is 0 Å². The Labute approximate surface area is 222 Å². The maximum absolute atomic E-state index is 13.4. The first kappa shape index (κ1) is 28.1. The number of carbonyl (C=O) groups excluding carboxylic acids is 3. The smallest absolute Gasteiger partial charge is 0.247 e. The largest absolute Gasteiger partial charge is 0.493 e. The third-order valence-corrected chi connectivity index (χ3v) is 7.79. The van der Waals surface area contributed by atoms with Crippen LogP contribution in [-0.4, -0.2) is 92.0 Å². The predicted molar refractivity (Wildman–Crippen MR) is 138 cm³/mol. The van der Waals surface area contributed by atoms with Gasteiger partial charge in [-0.3, -0.25) is 14.4 Å². The van der Waals surface area contributed by atoms with E-state index in [-0.39, 0.29) is 32.1 Å². The van der Waals surface area contributed by atoms with Gasteiger partial charge in [0.1, 0.15) is 18.5 Å². The van der Waals surface area contributed by atoms with Crippen molar-refractivity contribution in [3.05, 3.63) is 34.9 Å². The molecule has 2 aliphatic carbocycles. The molecule has 4 atom stereocenters. The lowest BCUT2D eigenvalue weighted by atomic mass is 9.76. The molecule has 0 saturated heterocycles. The van der Waals surface area contributed by atoms with Crippen LogP contribution in [0.1, 0.15) is 60.4 Å². The number of hydrogen-bond acceptors (Lipinski definition) is 8. The van der Waals surface area contributed by atoms with Gasteiger partial charge >= 0.3 is 0 Å². The van der Waals surface area contributed by atoms with Crippen LogP contribution >= 0.6 is 0 Å². The molecule has 4 unspecified atom stereocenters. The summed E-state index contributed by atoms with van der Waals surface area (Å²) in [6, 6.07) is 2.38. The number of aliphatic hydroxyl groups excluding tert-OH is 2. The van der Waals surface area contributed by atoms with Gasteiger partial charge in [-0.05, 0) is 37.0 Å². The molecule has 1 saturated carbocycles. The summed E-state index contributed by atoms with van der Waals surface area (Å²) >= 11 is 0. The molecule has 3 aliphatic rings. The molecule has 1 heterocycles. The number of amides is 2. The van der Waals surface area contributed by atoms with E-state index in [1.165, 1.54) is 20.6 Å². The second-order valence-corrected chi connectivity index (χ2v) is 10.2. The van der Waals surface area contributed by atoms with Gasteiger partial charge in [-0.25, -0.2) is 0 Å². The van der Waals surface area contributed by atoms with Crippen molar-refractivity contribution in [1.82, 2.24) is 10.2 Å². The number of fused-ring (bicyclic) bond motifs is 3. The fourth-order valence-corrected chi connectivity index (χ4v) is 5.93. The summed E-state index contributed by atoms with van der Waals surface area (Å²) in [5.41, 5.74) is 1.23. The van der Waals surface area contributed by atoms with Gasteiger partial charge in [-0.2, -0.15) is 0 Å². The number of carbonyl (C=O) groups is 3. The van der Waals surface area contributed by atoms with Crippen molar-refractivity contribution in [2.75, 3.05) is 40.5 Å². The van der Waals surface area contributed by atoms with Crippen molar-refractivity contribution in [1.29, 1.82) is 0 Å². The summed E-state index contributed by atoms with van der Waals surface area (Å²) < 4.78 is 16.8. The zero-order chi connectivity index (χ0) is 27.2. The van der Waals surface area contributed by atoms with Gasteiger partial charge in [0.2, 0.25) is 11.8 Å². The third kappa shape index (κ3) is 5.72. The molecule has 10 heteroatoms. The summed E-state index contributed by atoms with van der Waals surface area (Å²) in [5, 5.41) is 23.7. The van der Waals surface area contributed by atoms with Crippen LogP contribution in [0.15, 0.2) is 23.8 Å². The number of aliphatic hydroxyl groups is 2. The van der Waals surface area contributed by atoms with Crippen molar-refractivity contribution in [3.63, 3.8) is 0 Å². The number of methoxy groups -OCH3 is 2. The average molecular weight is 531 g/mol. The van der Waals surface area contributed by atoms with E-state index in [2.05, 4.69) is 5.32 Å². The van der Waals surface area contributed by atoms with Crippen molar-refractivity contribution < 1.29 is 38.8 Å². The van der Waals surface area contributed by atoms with E-state index in [0.717, 1.165) is 25.7 Å². The van der Waals surface area contributed by atoms with Crippen molar-refractivity contribution in [2.24, 2.45) is 5.92 Å². The number of benzene rings is 1. The second kappa shape index (κ2) is 12.7. The Hall–Kier alpha value is -2.95. The van der Waals surface area contributed by atoms with E-state index in [0.29, 0.717) is 46.9 Å². The third-order valence-electron chi connectivity index (χ3n) is 7.79. The van der Waals surface area contributed by atoms with Gasteiger partial charge in [-0.15, -0.1) is 0 Å². The Morgan fingerprint density at radius 2 is 1.97 bits per heavy atom. The fraction of sp³-hybridized carbons (Fsp3) is 0.607. The van der Waals surface area contributed by atoms with Crippen LogP contribution in [0.3, 0.4) is 0 Å². The van der Waals surface area contributed by atoms with Crippen molar-refractivity contribution in [2.45, 2.75) is 62.7 Å². The maximum Gasteiger partial charge on any atom is 0.247 e. The van der Waals surface area contributed by atoms with E-state index in [1.54, 1.807) is 23.1 Å². The van der Waals surface area contributed by atoms with Crippen LogP contribution in [0, 0.1) is 5.92 Å². The topological polar surface area (TPSA) is 135 Å². The molecule has 1 aliphatic heterocycles. The summed E-state index contributed by atoms with van der Waals surface area (Å²) in [4.78, 5) is 40.1. The molecule has 208 valence electrons. The first-order valence-electron chi connectivity index (χ1n) is 13.3. The molecule has 2 amide bonds. The Balaban J connectivity index is 1.76. The van der Waals surface area contributed by atoms with E-state index < -0.39 is 30.1 Å². The molecular weight excluding hydrogens is 492 g/mol. The molecule has 1 aromatic rings. The fourth-order valence-electron chi connectivity index (χ4n) is 5.93. The van der Waals surface area contributed by atoms with Crippen LogP contribution in [-0.2, 0) is 14.3 Å². The number of rotatable bonds is 11. The number of ether oxygens (including phenoxy) is 3. The number of nitrogens with zero attached hydrogens (tertiary/aromatic N) is 1. The molecule has 10 nitrogen and oxygen atoms in total. The first-order chi connectivity index (χ1) is 18.4. The summed E-state index contributed by atoms with van der Waals surface area (Å²) in [6.45, 7) is 0.523. The maximum atomic E-state index is 13.4. The Morgan fingerprint density at radius 3 is 2.63 bits per heavy atom. The molecule has 3 N–H and O–H groups in total. The van der Waals surface area contributed by atoms with E-state index in [1.807, 2.05) is 0 Å². The van der Waals surface area contributed by atoms with Crippen LogP contribution in [0.5, 0.6) is 11.5 Å². The number of aldehydes is 1. The lowest BCUT2D eigenvalue weighted by molar-refractivity contribution is -0.139. The molecule has 0 aromatic heterocycles. The second-order valence-electron chi connectivity index (χ2n) is 10.2. The Bertz CT molecular complexity index is 1050. The van der Waals surface area contributed by atoms with E-state index in [9.17, 15) is 24.6 Å². The normalized spacial score (nSPS) is 24.5. The van der Waals surface area contributed by atoms with E-state index in [4.69, 9.17) is 14.2 Å². The van der Waals surface area contributed by atoms with Gasteiger partial charge < -0.3 is 34.6 Å². The number of hydrogen-bond donors (Lipinski definition) is 3. The highest BCUT2D eigenvalue weighted by Gasteiger charge is 2.51. The summed E-state index contributed by atoms with van der Waals surface area (Å²) in [6.07, 6.45) is 5.87. The summed E-state index contributed by atoms with van der Waals surface area (Å²) in [5.74, 6) is -0.291. The zero-order valence-electron chi connectivity index (χ0n) is 22.1. The van der Waals surface area contributed by atoms with Crippen LogP contribution < -0.4 is 14.8 Å². The molecule has 38 heavy (non-hydrogen) atoms. The Kier molecular flexibility index (Phi) is 9.40. The van der Waals surface area contributed by atoms with Gasteiger partial charge in [-0.1, -0.05) is 19.3 Å². The summed E-state index contributed by atoms with van der Waals surface area (Å²) in [7, 11) is 2.99. The Morgan fingerprint density at radius 1 is 1.21 bits per heavy atom. The highest BCUT2D eigenvalue weighted by Crippen LogP contribution is 2.51. The lowest BCUT2D eigenvalue weighted by Crippen LogP contribution is -2.56. The molecule has 1 fully saturated rings. The SMILES string of the molecule is COCCC(=O)N(CC1CCCCC1)C1C=C(C(=O)NCCO)C2c3cc(C=O)cc(OC)c3OC2C1O. The zero-order valence-corrected chi connectivity index (χ0v) is 22.1. The van der Waals surface area contributed by atoms with Crippen LogP contribution in [0.25, 0.3) is 0 Å². The first-order valence-corrected chi connectivity index (χ1v) is 13.3. The molecule has 0 bridgehead atoms. The monoisotopic (exact) mass is 530 g/mol. The lowest BCUT2D eigenvalue weighted by Gasteiger charge is -2.42. The van der Waals surface area contributed by atoms with Crippen molar-refractivity contribution in [3.8, 4) is 11.5 Å². The van der Waals surface area contributed by atoms with Crippen LogP contribution in [0.4, 0.5) is 0 Å². The minimum atomic E-state index is -1.14. The predicted octanol–water partition coefficient (Wildman–Crippen LogP) is 1.58. The quantitative estimate of drug-likeness (QED) is 0.367. The highest BCUT2D eigenvalue weighted by atomic mass is 16.5. The average Bonchev–Trinajstić information content (AvgIpc) is 3.34. The van der Waals surface area contributed by atoms with Crippen molar-refractivity contribution >= 4 is 18.1 Å². The molecule has 0 radical (unpaired) electrons. The van der Waals surface area contributed by atoms with Gasteiger partial charge in [0.05, 0.1) is 38.7 Å². The molecular formula is C28H38N2O8. The van der Waals surface area contributed by atoms with Crippen LogP contribution in [0.2, 0.25) is 0 Å². The van der Waals surface area contributed by atoms with Gasteiger partial charge in [0, 0.05) is 36.9 Å². The highest BCUT2D eigenvalue weighted by molar-refractivity contribution is 5.96. The molecule has 4 rings (SSSR count). The minimum absolute atomic E-state index is 0.0464. The standard InChI is InChI=1S/C28H38N2O8/c1-36-11-8-23(33)30(15-17-6-4-3-5-7-17)21-14-20(28(35)29-9-10-31)24-19-12-18(16-32)13-22(37-2)26(19)38-27(24)25(21)34/h12-14,16-17,21,24-25,27,31,34H,3-11,15H2,1-2H3,(H,29,35).